The molecule has 0 aromatic heterocycles. The van der Waals surface area contributed by atoms with Crippen LogP contribution in [0.2, 0.25) is 5.02 Å². The van der Waals surface area contributed by atoms with E-state index in [0.717, 1.165) is 15.5 Å². The molecule has 1 atom stereocenters. The minimum absolute atomic E-state index is 0.205. The van der Waals surface area contributed by atoms with Crippen molar-refractivity contribution in [2.75, 3.05) is 12.0 Å². The van der Waals surface area contributed by atoms with E-state index in [2.05, 4.69) is 5.43 Å². The fraction of sp³-hybridized carbons (Fsp3) is 0.154. The number of benzene rings is 3. The van der Waals surface area contributed by atoms with Crippen molar-refractivity contribution in [2.45, 2.75) is 19.4 Å². The summed E-state index contributed by atoms with van der Waals surface area (Å²) in [5, 5.41) is 1.28. The van der Waals surface area contributed by atoms with E-state index < -0.39 is 29.7 Å². The Hall–Kier alpha value is -4.17. The molecular weight excluding hydrogens is 470 g/mol. The largest absolute Gasteiger partial charge is 0.497 e. The van der Waals surface area contributed by atoms with Crippen molar-refractivity contribution in [3.8, 4) is 5.75 Å². The van der Waals surface area contributed by atoms with Crippen LogP contribution in [0.5, 0.6) is 5.75 Å². The number of hydrazine groups is 1. The standard InChI is InChI=1S/C26H22ClN3O5/c1-16-6-8-17(9-7-16)24(32)28-30(25(33)18-10-12-21(35-2)13-11-18)22-15-23(31)29(26(22)34)20-5-3-4-19(27)14-20/h3-14,22H,15H2,1-2H3,(H,28,32). The Morgan fingerprint density at radius 1 is 1.00 bits per heavy atom. The van der Waals surface area contributed by atoms with Gasteiger partial charge in [0.25, 0.3) is 17.7 Å². The van der Waals surface area contributed by atoms with Gasteiger partial charge in [0.05, 0.1) is 19.2 Å². The van der Waals surface area contributed by atoms with E-state index in [1.54, 1.807) is 54.6 Å². The maximum atomic E-state index is 13.5. The van der Waals surface area contributed by atoms with Crippen LogP contribution >= 0.6 is 11.6 Å². The Labute approximate surface area is 207 Å². The first-order valence-corrected chi connectivity index (χ1v) is 11.1. The second-order valence-electron chi connectivity index (χ2n) is 7.98. The van der Waals surface area contributed by atoms with Gasteiger partial charge >= 0.3 is 0 Å². The van der Waals surface area contributed by atoms with Crippen LogP contribution in [0.25, 0.3) is 0 Å². The molecule has 8 nitrogen and oxygen atoms in total. The Balaban J connectivity index is 1.68. The molecule has 3 aromatic carbocycles. The summed E-state index contributed by atoms with van der Waals surface area (Å²) in [6.45, 7) is 1.88. The molecule has 1 unspecified atom stereocenters. The minimum atomic E-state index is -1.24. The lowest BCUT2D eigenvalue weighted by atomic mass is 10.1. The van der Waals surface area contributed by atoms with Gasteiger partial charge in [-0.25, -0.2) is 9.91 Å². The van der Waals surface area contributed by atoms with Gasteiger partial charge < -0.3 is 4.74 Å². The number of nitrogens with one attached hydrogen (secondary N) is 1. The molecule has 1 fully saturated rings. The molecule has 0 spiro atoms. The average molecular weight is 492 g/mol. The molecule has 1 aliphatic rings. The Bertz CT molecular complexity index is 1290. The van der Waals surface area contributed by atoms with Crippen LogP contribution in [0.15, 0.2) is 72.8 Å². The van der Waals surface area contributed by atoms with Gasteiger partial charge in [0, 0.05) is 16.1 Å². The molecule has 178 valence electrons. The summed E-state index contributed by atoms with van der Waals surface area (Å²) < 4.78 is 5.13. The number of hydrogen-bond acceptors (Lipinski definition) is 5. The molecule has 0 bridgehead atoms. The Morgan fingerprint density at radius 3 is 2.29 bits per heavy atom. The molecule has 0 radical (unpaired) electrons. The number of carbonyl (C=O) groups is 4. The van der Waals surface area contributed by atoms with E-state index in [1.165, 1.54) is 25.3 Å². The van der Waals surface area contributed by atoms with Crippen LogP contribution in [0.4, 0.5) is 5.69 Å². The first-order chi connectivity index (χ1) is 16.8. The van der Waals surface area contributed by atoms with Crippen LogP contribution in [-0.2, 0) is 9.59 Å². The van der Waals surface area contributed by atoms with Gasteiger partial charge in [-0.15, -0.1) is 0 Å². The normalized spacial score (nSPS) is 15.2. The number of anilines is 1. The molecule has 1 heterocycles. The van der Waals surface area contributed by atoms with Gasteiger partial charge in [-0.1, -0.05) is 35.4 Å². The van der Waals surface area contributed by atoms with Gasteiger partial charge in [-0.2, -0.15) is 0 Å². The zero-order valence-corrected chi connectivity index (χ0v) is 19.8. The van der Waals surface area contributed by atoms with Crippen molar-refractivity contribution in [2.24, 2.45) is 0 Å². The highest BCUT2D eigenvalue weighted by molar-refractivity contribution is 6.31. The molecule has 1 saturated heterocycles. The summed E-state index contributed by atoms with van der Waals surface area (Å²) in [4.78, 5) is 53.6. The quantitative estimate of drug-likeness (QED) is 0.433. The SMILES string of the molecule is COc1ccc(C(=O)N(NC(=O)c2ccc(C)cc2)C2CC(=O)N(c3cccc(Cl)c3)C2=O)cc1. The fourth-order valence-electron chi connectivity index (χ4n) is 3.73. The van der Waals surface area contributed by atoms with Crippen molar-refractivity contribution in [3.63, 3.8) is 0 Å². The Morgan fingerprint density at radius 2 is 1.66 bits per heavy atom. The van der Waals surface area contributed by atoms with Crippen LogP contribution in [0, 0.1) is 6.92 Å². The van der Waals surface area contributed by atoms with Gasteiger partial charge in [-0.05, 0) is 61.5 Å². The lowest BCUT2D eigenvalue weighted by Gasteiger charge is -2.28. The van der Waals surface area contributed by atoms with Crippen molar-refractivity contribution in [1.29, 1.82) is 0 Å². The molecule has 35 heavy (non-hydrogen) atoms. The number of methoxy groups -OCH3 is 1. The van der Waals surface area contributed by atoms with Crippen molar-refractivity contribution >= 4 is 40.9 Å². The monoisotopic (exact) mass is 491 g/mol. The fourth-order valence-corrected chi connectivity index (χ4v) is 3.91. The summed E-state index contributed by atoms with van der Waals surface area (Å²) >= 11 is 6.04. The third kappa shape index (κ3) is 5.02. The smallest absolute Gasteiger partial charge is 0.273 e. The lowest BCUT2D eigenvalue weighted by Crippen LogP contribution is -2.54. The predicted molar refractivity (Wildman–Crippen MR) is 130 cm³/mol. The second-order valence-corrected chi connectivity index (χ2v) is 8.41. The van der Waals surface area contributed by atoms with E-state index in [-0.39, 0.29) is 17.7 Å². The van der Waals surface area contributed by atoms with Gasteiger partial charge in [-0.3, -0.25) is 24.6 Å². The van der Waals surface area contributed by atoms with Crippen LogP contribution in [-0.4, -0.2) is 41.8 Å². The van der Waals surface area contributed by atoms with Crippen molar-refractivity contribution < 1.29 is 23.9 Å². The van der Waals surface area contributed by atoms with Gasteiger partial charge in [0.15, 0.2) is 0 Å². The number of carbonyl (C=O) groups excluding carboxylic acids is 4. The summed E-state index contributed by atoms with van der Waals surface area (Å²) in [7, 11) is 1.50. The second kappa shape index (κ2) is 9.99. The van der Waals surface area contributed by atoms with E-state index in [4.69, 9.17) is 16.3 Å². The Kier molecular flexibility index (Phi) is 6.84. The summed E-state index contributed by atoms with van der Waals surface area (Å²) in [6.07, 6.45) is -0.304. The number of ether oxygens (including phenoxy) is 1. The molecule has 3 aromatic rings. The number of halogens is 1. The molecule has 1 N–H and O–H groups in total. The first-order valence-electron chi connectivity index (χ1n) is 10.8. The summed E-state index contributed by atoms with van der Waals surface area (Å²) in [6, 6.07) is 18.0. The topological polar surface area (TPSA) is 96.0 Å². The van der Waals surface area contributed by atoms with Crippen molar-refractivity contribution in [1.82, 2.24) is 10.4 Å². The predicted octanol–water partition coefficient (Wildman–Crippen LogP) is 3.78. The molecule has 9 heteroatoms. The van der Waals surface area contributed by atoms with Crippen LogP contribution < -0.4 is 15.1 Å². The number of imide groups is 1. The number of rotatable bonds is 5. The van der Waals surface area contributed by atoms with Crippen LogP contribution in [0.3, 0.4) is 0 Å². The molecule has 0 saturated carbocycles. The number of amides is 4. The third-order valence-corrected chi connectivity index (χ3v) is 5.83. The number of aryl methyl sites for hydroxylation is 1. The molecular formula is C26H22ClN3O5. The van der Waals surface area contributed by atoms with Crippen molar-refractivity contribution in [3.05, 3.63) is 94.5 Å². The highest BCUT2D eigenvalue weighted by Crippen LogP contribution is 2.28. The van der Waals surface area contributed by atoms with E-state index in [0.29, 0.717) is 16.3 Å². The van der Waals surface area contributed by atoms with Gasteiger partial charge in [0.1, 0.15) is 11.8 Å². The van der Waals surface area contributed by atoms with E-state index in [9.17, 15) is 19.2 Å². The molecule has 4 rings (SSSR count). The minimum Gasteiger partial charge on any atom is -0.497 e. The molecule has 1 aliphatic heterocycles. The van der Waals surface area contributed by atoms with Gasteiger partial charge in [0.2, 0.25) is 5.91 Å². The summed E-state index contributed by atoms with van der Waals surface area (Å²) in [5.41, 5.74) is 4.29. The average Bonchev–Trinajstić information content (AvgIpc) is 3.15. The first kappa shape index (κ1) is 24.0. The summed E-state index contributed by atoms with van der Waals surface area (Å²) in [5.74, 6) is -1.86. The van der Waals surface area contributed by atoms with E-state index >= 15 is 0 Å². The van der Waals surface area contributed by atoms with Crippen LogP contribution in [0.1, 0.15) is 32.7 Å². The number of hydrogen-bond donors (Lipinski definition) is 1. The zero-order valence-electron chi connectivity index (χ0n) is 19.0. The van der Waals surface area contributed by atoms with E-state index in [1.807, 2.05) is 6.92 Å². The maximum Gasteiger partial charge on any atom is 0.273 e. The highest BCUT2D eigenvalue weighted by Gasteiger charge is 2.45. The maximum absolute atomic E-state index is 13.5. The molecule has 4 amide bonds. The third-order valence-electron chi connectivity index (χ3n) is 5.59. The number of nitrogens with zero attached hydrogens (tertiary/aromatic N) is 2. The molecule has 0 aliphatic carbocycles. The highest BCUT2D eigenvalue weighted by atomic mass is 35.5. The lowest BCUT2D eigenvalue weighted by molar-refractivity contribution is -0.122. The zero-order chi connectivity index (χ0) is 25.1.